The highest BCUT2D eigenvalue weighted by Gasteiger charge is 2.45. The van der Waals surface area contributed by atoms with Gasteiger partial charge in [-0.3, -0.25) is 44.3 Å². The zero-order valence-corrected chi connectivity index (χ0v) is 15.8. The van der Waals surface area contributed by atoms with E-state index in [1.54, 1.807) is 0 Å². The normalized spacial score (nSPS) is 17.9. The van der Waals surface area contributed by atoms with Crippen LogP contribution in [0.25, 0.3) is 0 Å². The van der Waals surface area contributed by atoms with E-state index in [2.05, 4.69) is 10.6 Å². The molecular weight excluding hydrogens is 408 g/mol. The van der Waals surface area contributed by atoms with Crippen molar-refractivity contribution in [1.29, 1.82) is 0 Å². The molecule has 2 N–H and O–H groups in total. The molecule has 1 saturated heterocycles. The quantitative estimate of drug-likeness (QED) is 0.427. The molecule has 1 fully saturated rings. The summed E-state index contributed by atoms with van der Waals surface area (Å²) in [6.45, 7) is 0. The Morgan fingerprint density at radius 3 is 2.42 bits per heavy atom. The van der Waals surface area contributed by atoms with Crippen LogP contribution in [0.5, 0.6) is 0 Å². The van der Waals surface area contributed by atoms with Crippen LogP contribution in [0.1, 0.15) is 43.9 Å². The van der Waals surface area contributed by atoms with Crippen molar-refractivity contribution < 1.29 is 28.9 Å². The van der Waals surface area contributed by atoms with E-state index in [0.29, 0.717) is 0 Å². The van der Waals surface area contributed by atoms with Crippen molar-refractivity contribution in [3.63, 3.8) is 0 Å². The number of nitrogens with one attached hydrogen (secondary N) is 2. The maximum atomic E-state index is 13.0. The van der Waals surface area contributed by atoms with Crippen LogP contribution in [0.2, 0.25) is 0 Å². The molecule has 31 heavy (non-hydrogen) atoms. The maximum Gasteiger partial charge on any atom is 0.269 e. The third-order valence-electron chi connectivity index (χ3n) is 5.06. The zero-order chi connectivity index (χ0) is 22.3. The number of hydrogen-bond acceptors (Lipinski definition) is 7. The second-order valence-corrected chi connectivity index (χ2v) is 6.93. The highest BCUT2D eigenvalue weighted by Crippen LogP contribution is 2.32. The van der Waals surface area contributed by atoms with Crippen LogP contribution in [-0.2, 0) is 9.59 Å². The van der Waals surface area contributed by atoms with E-state index in [4.69, 9.17) is 0 Å². The Labute approximate surface area is 174 Å². The summed E-state index contributed by atoms with van der Waals surface area (Å²) in [5.41, 5.74) is -0.0440. The second-order valence-electron chi connectivity index (χ2n) is 6.93. The fourth-order valence-corrected chi connectivity index (χ4v) is 3.55. The molecule has 0 radical (unpaired) electrons. The zero-order valence-electron chi connectivity index (χ0n) is 15.8. The van der Waals surface area contributed by atoms with Gasteiger partial charge in [0.05, 0.1) is 21.7 Å². The number of nitrogens with zero attached hydrogens (tertiary/aromatic N) is 2. The number of carbonyl (C=O) groups is 5. The van der Waals surface area contributed by atoms with E-state index in [1.165, 1.54) is 42.5 Å². The molecule has 1 unspecified atom stereocenters. The molecule has 2 aliphatic heterocycles. The highest BCUT2D eigenvalue weighted by atomic mass is 16.6. The molecular formula is C20H14N4O7. The molecule has 0 aliphatic carbocycles. The molecule has 0 saturated carbocycles. The number of benzene rings is 2. The standard InChI is InChI=1S/C20H14N4O7/c25-15-9-8-14(18(27)22-15)23-19(28)12-2-1-3-13(16(12)20(23)29)21-17(26)10-4-6-11(7-5-10)24(30)31/h1-7,14H,8-9H2,(H,21,26)(H,22,25,27). The molecule has 4 rings (SSSR count). The van der Waals surface area contributed by atoms with Crippen molar-refractivity contribution in [2.75, 3.05) is 5.32 Å². The summed E-state index contributed by atoms with van der Waals surface area (Å²) in [4.78, 5) is 72.9. The minimum absolute atomic E-state index is 0.00640. The molecule has 5 amide bonds. The van der Waals surface area contributed by atoms with Gasteiger partial charge in [0.15, 0.2) is 0 Å². The summed E-state index contributed by atoms with van der Waals surface area (Å²) in [5, 5.41) is 15.4. The number of non-ortho nitro benzene ring substituents is 1. The highest BCUT2D eigenvalue weighted by molar-refractivity contribution is 6.26. The van der Waals surface area contributed by atoms with Gasteiger partial charge in [-0.1, -0.05) is 6.07 Å². The van der Waals surface area contributed by atoms with Gasteiger partial charge in [0, 0.05) is 24.1 Å². The fraction of sp³-hybridized carbons (Fsp3) is 0.150. The molecule has 11 heteroatoms. The number of piperidine rings is 1. The van der Waals surface area contributed by atoms with Gasteiger partial charge < -0.3 is 5.32 Å². The lowest BCUT2D eigenvalue weighted by Gasteiger charge is -2.27. The Morgan fingerprint density at radius 1 is 1.06 bits per heavy atom. The number of rotatable bonds is 4. The van der Waals surface area contributed by atoms with Gasteiger partial charge in [-0.2, -0.15) is 0 Å². The van der Waals surface area contributed by atoms with Gasteiger partial charge in [-0.05, 0) is 30.7 Å². The lowest BCUT2D eigenvalue weighted by molar-refractivity contribution is -0.384. The maximum absolute atomic E-state index is 13.0. The minimum atomic E-state index is -1.12. The van der Waals surface area contributed by atoms with E-state index in [0.717, 1.165) is 4.90 Å². The van der Waals surface area contributed by atoms with Crippen molar-refractivity contribution in [2.24, 2.45) is 0 Å². The molecule has 1 atom stereocenters. The number of fused-ring (bicyclic) bond motifs is 1. The van der Waals surface area contributed by atoms with Gasteiger partial charge in [0.25, 0.3) is 23.4 Å². The molecule has 2 aliphatic rings. The van der Waals surface area contributed by atoms with Gasteiger partial charge in [-0.15, -0.1) is 0 Å². The first-order valence-electron chi connectivity index (χ1n) is 9.18. The monoisotopic (exact) mass is 422 g/mol. The summed E-state index contributed by atoms with van der Waals surface area (Å²) in [5.74, 6) is -3.30. The number of nitro benzene ring substituents is 1. The SMILES string of the molecule is O=C1CCC(N2C(=O)c3cccc(NC(=O)c4ccc([N+](=O)[O-])cc4)c3C2=O)C(=O)N1. The van der Waals surface area contributed by atoms with Crippen LogP contribution in [-0.4, -0.2) is 45.4 Å². The van der Waals surface area contributed by atoms with Crippen LogP contribution in [0.4, 0.5) is 11.4 Å². The topological polar surface area (TPSA) is 156 Å². The molecule has 156 valence electrons. The number of nitro groups is 1. The molecule has 0 aromatic heterocycles. The van der Waals surface area contributed by atoms with Crippen LogP contribution < -0.4 is 10.6 Å². The summed E-state index contributed by atoms with van der Waals surface area (Å²) >= 11 is 0. The van der Waals surface area contributed by atoms with E-state index >= 15 is 0 Å². The molecule has 2 aromatic carbocycles. The van der Waals surface area contributed by atoms with Gasteiger partial charge in [0.2, 0.25) is 11.8 Å². The van der Waals surface area contributed by atoms with E-state index in [9.17, 15) is 34.1 Å². The Kier molecular flexibility index (Phi) is 4.78. The average Bonchev–Trinajstić information content (AvgIpc) is 2.99. The van der Waals surface area contributed by atoms with Crippen molar-refractivity contribution in [3.05, 3.63) is 69.3 Å². The number of hydrogen-bond donors (Lipinski definition) is 2. The summed E-state index contributed by atoms with van der Waals surface area (Å²) in [7, 11) is 0. The Hall–Kier alpha value is -4.41. The summed E-state index contributed by atoms with van der Waals surface area (Å²) in [6, 6.07) is 8.06. The summed E-state index contributed by atoms with van der Waals surface area (Å²) in [6.07, 6.45) is 0.00811. The first kappa shape index (κ1) is 19.9. The largest absolute Gasteiger partial charge is 0.321 e. The lowest BCUT2D eigenvalue weighted by Crippen LogP contribution is -2.54. The van der Waals surface area contributed by atoms with Gasteiger partial charge >= 0.3 is 0 Å². The van der Waals surface area contributed by atoms with Crippen molar-refractivity contribution in [3.8, 4) is 0 Å². The van der Waals surface area contributed by atoms with Gasteiger partial charge in [0.1, 0.15) is 6.04 Å². The lowest BCUT2D eigenvalue weighted by atomic mass is 10.0. The van der Waals surface area contributed by atoms with Crippen LogP contribution >= 0.6 is 0 Å². The van der Waals surface area contributed by atoms with E-state index in [1.807, 2.05) is 0 Å². The second kappa shape index (κ2) is 7.44. The Bertz CT molecular complexity index is 1170. The van der Waals surface area contributed by atoms with Crippen LogP contribution in [0.3, 0.4) is 0 Å². The number of carbonyl (C=O) groups excluding carboxylic acids is 5. The third kappa shape index (κ3) is 3.41. The molecule has 2 aromatic rings. The minimum Gasteiger partial charge on any atom is -0.321 e. The Balaban J connectivity index is 1.61. The average molecular weight is 422 g/mol. The first-order valence-corrected chi connectivity index (χ1v) is 9.18. The predicted octanol–water partition coefficient (Wildman–Crippen LogP) is 1.25. The Morgan fingerprint density at radius 2 is 1.77 bits per heavy atom. The number of anilines is 1. The van der Waals surface area contributed by atoms with Crippen molar-refractivity contribution >= 4 is 40.9 Å². The summed E-state index contributed by atoms with van der Waals surface area (Å²) < 4.78 is 0. The van der Waals surface area contributed by atoms with Crippen LogP contribution in [0.15, 0.2) is 42.5 Å². The first-order chi connectivity index (χ1) is 14.8. The smallest absolute Gasteiger partial charge is 0.269 e. The van der Waals surface area contributed by atoms with Crippen LogP contribution in [0, 0.1) is 10.1 Å². The van der Waals surface area contributed by atoms with E-state index < -0.39 is 40.5 Å². The fourth-order valence-electron chi connectivity index (χ4n) is 3.55. The number of amides is 5. The molecule has 11 nitrogen and oxygen atoms in total. The van der Waals surface area contributed by atoms with Crippen molar-refractivity contribution in [2.45, 2.75) is 18.9 Å². The predicted molar refractivity (Wildman–Crippen MR) is 104 cm³/mol. The van der Waals surface area contributed by atoms with E-state index in [-0.39, 0.29) is 40.9 Å². The van der Waals surface area contributed by atoms with Crippen molar-refractivity contribution in [1.82, 2.24) is 10.2 Å². The molecule has 0 spiro atoms. The molecule has 0 bridgehead atoms. The third-order valence-corrected chi connectivity index (χ3v) is 5.06. The number of imide groups is 2. The van der Waals surface area contributed by atoms with Gasteiger partial charge in [-0.25, -0.2) is 0 Å². The molecule has 2 heterocycles.